The number of halogens is 1. The number of carbonyl (C=O) groups is 2. The SMILES string of the molecule is O=C1Nc2ccccc2C2(CCN(OCc3cn(CC(=O)c4ccccn4)c4cc(Cl)ccc34)CC2)O1. The average Bonchev–Trinajstić information content (AvgIpc) is 3.25. The molecule has 0 radical (unpaired) electrons. The number of hydroxylamine groups is 2. The molecular formula is C28H25ClN4O4. The Morgan fingerprint density at radius 1 is 1.11 bits per heavy atom. The van der Waals surface area contributed by atoms with E-state index < -0.39 is 11.7 Å². The third-order valence-corrected chi connectivity index (χ3v) is 7.30. The zero-order valence-corrected chi connectivity index (χ0v) is 20.8. The van der Waals surface area contributed by atoms with Crippen LogP contribution in [0.15, 0.2) is 73.1 Å². The van der Waals surface area contributed by atoms with Gasteiger partial charge in [0.25, 0.3) is 0 Å². The van der Waals surface area contributed by atoms with Crippen molar-refractivity contribution in [1.82, 2.24) is 14.6 Å². The Morgan fingerprint density at radius 2 is 1.92 bits per heavy atom. The molecule has 1 spiro atoms. The van der Waals surface area contributed by atoms with Crippen LogP contribution in [0.2, 0.25) is 5.02 Å². The summed E-state index contributed by atoms with van der Waals surface area (Å²) in [5.74, 6) is -0.0805. The predicted octanol–water partition coefficient (Wildman–Crippen LogP) is 5.56. The number of benzene rings is 2. The summed E-state index contributed by atoms with van der Waals surface area (Å²) in [6.07, 6.45) is 4.40. The number of pyridine rings is 1. The van der Waals surface area contributed by atoms with Gasteiger partial charge in [-0.15, -0.1) is 0 Å². The van der Waals surface area contributed by atoms with Crippen molar-refractivity contribution in [3.63, 3.8) is 0 Å². The van der Waals surface area contributed by atoms with Crippen molar-refractivity contribution in [2.24, 2.45) is 0 Å². The van der Waals surface area contributed by atoms with Gasteiger partial charge in [0.2, 0.25) is 5.78 Å². The fourth-order valence-electron chi connectivity index (χ4n) is 5.22. The topological polar surface area (TPSA) is 85.7 Å². The number of nitrogens with zero attached hydrogens (tertiary/aromatic N) is 3. The molecule has 0 bridgehead atoms. The molecular weight excluding hydrogens is 492 g/mol. The van der Waals surface area contributed by atoms with E-state index in [9.17, 15) is 9.59 Å². The summed E-state index contributed by atoms with van der Waals surface area (Å²) >= 11 is 6.28. The van der Waals surface area contributed by atoms with E-state index in [2.05, 4.69) is 10.3 Å². The summed E-state index contributed by atoms with van der Waals surface area (Å²) in [7, 11) is 0. The Morgan fingerprint density at radius 3 is 2.73 bits per heavy atom. The molecule has 2 aliphatic heterocycles. The fourth-order valence-corrected chi connectivity index (χ4v) is 5.38. The van der Waals surface area contributed by atoms with E-state index in [1.807, 2.05) is 58.3 Å². The van der Waals surface area contributed by atoms with Gasteiger partial charge in [-0.2, -0.15) is 5.06 Å². The number of amides is 1. The highest BCUT2D eigenvalue weighted by Crippen LogP contribution is 2.43. The number of ether oxygens (including phenoxy) is 1. The predicted molar refractivity (Wildman–Crippen MR) is 139 cm³/mol. The van der Waals surface area contributed by atoms with E-state index in [0.717, 1.165) is 27.7 Å². The van der Waals surface area contributed by atoms with Crippen LogP contribution in [0.1, 0.15) is 34.5 Å². The van der Waals surface area contributed by atoms with E-state index in [-0.39, 0.29) is 12.3 Å². The van der Waals surface area contributed by atoms with Gasteiger partial charge in [0, 0.05) is 59.9 Å². The number of piperidine rings is 1. The van der Waals surface area contributed by atoms with E-state index in [4.69, 9.17) is 21.2 Å². The maximum atomic E-state index is 12.8. The molecule has 4 aromatic rings. The molecule has 8 nitrogen and oxygen atoms in total. The highest BCUT2D eigenvalue weighted by Gasteiger charge is 2.44. The minimum Gasteiger partial charge on any atom is -0.438 e. The first-order valence-electron chi connectivity index (χ1n) is 12.2. The average molecular weight is 517 g/mol. The van der Waals surface area contributed by atoms with E-state index in [1.54, 1.807) is 24.4 Å². The number of Topliss-reactive ketones (excluding diaryl/α,β-unsaturated/α-hetero) is 1. The highest BCUT2D eigenvalue weighted by molar-refractivity contribution is 6.31. The highest BCUT2D eigenvalue weighted by atomic mass is 35.5. The third kappa shape index (κ3) is 4.59. The van der Waals surface area contributed by atoms with Crippen LogP contribution in [0.4, 0.5) is 10.5 Å². The van der Waals surface area contributed by atoms with E-state index in [0.29, 0.717) is 43.3 Å². The second kappa shape index (κ2) is 9.63. The zero-order valence-electron chi connectivity index (χ0n) is 20.0. The van der Waals surface area contributed by atoms with Crippen molar-refractivity contribution in [3.8, 4) is 0 Å². The normalized spacial score (nSPS) is 16.8. The Labute approximate surface area is 218 Å². The number of fused-ring (bicyclic) bond motifs is 3. The fraction of sp³-hybridized carbons (Fsp3) is 0.250. The lowest BCUT2D eigenvalue weighted by atomic mass is 9.83. The summed E-state index contributed by atoms with van der Waals surface area (Å²) in [6, 6.07) is 18.7. The Bertz CT molecular complexity index is 1480. The summed E-state index contributed by atoms with van der Waals surface area (Å²) in [5.41, 5.74) is 3.42. The molecule has 1 fully saturated rings. The van der Waals surface area contributed by atoms with E-state index >= 15 is 0 Å². The number of nitrogens with one attached hydrogen (secondary N) is 1. The number of anilines is 1. The first kappa shape index (κ1) is 23.7. The lowest BCUT2D eigenvalue weighted by molar-refractivity contribution is -0.203. The first-order valence-corrected chi connectivity index (χ1v) is 12.6. The van der Waals surface area contributed by atoms with Gasteiger partial charge in [0.15, 0.2) is 0 Å². The van der Waals surface area contributed by atoms with Gasteiger partial charge in [-0.25, -0.2) is 4.79 Å². The van der Waals surface area contributed by atoms with Gasteiger partial charge in [0.05, 0.1) is 24.4 Å². The lowest BCUT2D eigenvalue weighted by Crippen LogP contribution is -2.48. The van der Waals surface area contributed by atoms with Gasteiger partial charge in [-0.3, -0.25) is 19.9 Å². The van der Waals surface area contributed by atoms with Gasteiger partial charge in [-0.1, -0.05) is 41.9 Å². The number of rotatable bonds is 6. The molecule has 37 heavy (non-hydrogen) atoms. The van der Waals surface area contributed by atoms with Gasteiger partial charge in [0.1, 0.15) is 11.3 Å². The quantitative estimate of drug-likeness (QED) is 0.338. The molecule has 0 atom stereocenters. The van der Waals surface area contributed by atoms with Crippen LogP contribution >= 0.6 is 11.6 Å². The molecule has 2 aromatic carbocycles. The second-order valence-corrected chi connectivity index (χ2v) is 9.78. The standard InChI is InChI=1S/C28H25ClN4O4/c29-20-8-9-21-19(16-32(25(21)15-20)17-26(34)24-7-3-4-12-30-24)18-36-33-13-10-28(11-14-33)22-5-1-2-6-23(22)31-27(35)37-28/h1-9,12,15-16H,10-11,13-14,17-18H2,(H,31,35). The van der Waals surface area contributed by atoms with Crippen LogP contribution in [0.5, 0.6) is 0 Å². The molecule has 0 unspecified atom stereocenters. The minimum atomic E-state index is -0.641. The van der Waals surface area contributed by atoms with Gasteiger partial charge < -0.3 is 9.30 Å². The number of aromatic nitrogens is 2. The Balaban J connectivity index is 1.17. The van der Waals surface area contributed by atoms with Crippen LogP contribution in [-0.2, 0) is 28.3 Å². The maximum absolute atomic E-state index is 12.8. The van der Waals surface area contributed by atoms with Crippen LogP contribution in [0.3, 0.4) is 0 Å². The van der Waals surface area contributed by atoms with Gasteiger partial charge >= 0.3 is 6.09 Å². The minimum absolute atomic E-state index is 0.0805. The Kier molecular flexibility index (Phi) is 6.16. The molecule has 9 heteroatoms. The molecule has 2 aromatic heterocycles. The first-order chi connectivity index (χ1) is 18.0. The van der Waals surface area contributed by atoms with Crippen molar-refractivity contribution in [2.75, 3.05) is 18.4 Å². The van der Waals surface area contributed by atoms with Crippen molar-refractivity contribution in [1.29, 1.82) is 0 Å². The van der Waals surface area contributed by atoms with E-state index in [1.165, 1.54) is 0 Å². The molecule has 1 N–H and O–H groups in total. The summed E-state index contributed by atoms with van der Waals surface area (Å²) in [5, 5.41) is 6.29. The molecule has 2 aliphatic rings. The number of hydrogen-bond donors (Lipinski definition) is 1. The third-order valence-electron chi connectivity index (χ3n) is 7.07. The number of hydrogen-bond acceptors (Lipinski definition) is 6. The molecule has 188 valence electrons. The summed E-state index contributed by atoms with van der Waals surface area (Å²) in [4.78, 5) is 35.4. The van der Waals surface area contributed by atoms with Crippen molar-refractivity contribution >= 4 is 40.1 Å². The smallest absolute Gasteiger partial charge is 0.412 e. The number of carbonyl (C=O) groups excluding carboxylic acids is 2. The number of para-hydroxylation sites is 1. The second-order valence-electron chi connectivity index (χ2n) is 9.34. The van der Waals surface area contributed by atoms with Crippen molar-refractivity contribution < 1.29 is 19.2 Å². The van der Waals surface area contributed by atoms with Gasteiger partial charge in [-0.05, 0) is 30.3 Å². The zero-order chi connectivity index (χ0) is 25.4. The summed E-state index contributed by atoms with van der Waals surface area (Å²) in [6.45, 7) is 1.72. The van der Waals surface area contributed by atoms with Crippen LogP contribution in [0.25, 0.3) is 10.9 Å². The molecule has 1 amide bonds. The summed E-state index contributed by atoms with van der Waals surface area (Å²) < 4.78 is 7.71. The van der Waals surface area contributed by atoms with Crippen molar-refractivity contribution in [3.05, 3.63) is 94.9 Å². The molecule has 4 heterocycles. The molecule has 0 aliphatic carbocycles. The largest absolute Gasteiger partial charge is 0.438 e. The lowest BCUT2D eigenvalue weighted by Gasteiger charge is -2.43. The molecule has 0 saturated carbocycles. The maximum Gasteiger partial charge on any atom is 0.412 e. The van der Waals surface area contributed by atoms with Crippen LogP contribution in [-0.4, -0.2) is 39.6 Å². The monoisotopic (exact) mass is 516 g/mol. The van der Waals surface area contributed by atoms with Crippen LogP contribution in [0, 0.1) is 0 Å². The van der Waals surface area contributed by atoms with Crippen molar-refractivity contribution in [2.45, 2.75) is 31.6 Å². The number of ketones is 1. The Hall–Kier alpha value is -3.72. The molecule has 6 rings (SSSR count). The molecule has 1 saturated heterocycles. The van der Waals surface area contributed by atoms with Crippen LogP contribution < -0.4 is 5.32 Å².